The molecular weight excluding hydrogens is 142 g/mol. The molecule has 0 aromatic rings. The fraction of sp³-hybridized carbons (Fsp3) is 0. The van der Waals surface area contributed by atoms with Crippen molar-refractivity contribution in [1.82, 2.24) is 0 Å². The van der Waals surface area contributed by atoms with Gasteiger partial charge in [0.25, 0.3) is 0 Å². The third kappa shape index (κ3) is 28.7. The van der Waals surface area contributed by atoms with Gasteiger partial charge in [-0.25, -0.2) is 0 Å². The van der Waals surface area contributed by atoms with E-state index in [1.807, 2.05) is 0 Å². The van der Waals surface area contributed by atoms with Crippen LogP contribution in [0.4, 0.5) is 0 Å². The monoisotopic (exact) mass is 147 g/mol. The van der Waals surface area contributed by atoms with Gasteiger partial charge in [-0.1, -0.05) is 0 Å². The van der Waals surface area contributed by atoms with E-state index in [-0.39, 0.29) is 6.15 Å². The molecule has 0 saturated carbocycles. The number of nitrogens with two attached hydrogens (primary N) is 1. The third-order valence-electron chi connectivity index (χ3n) is 0. The van der Waals surface area contributed by atoms with Crippen LogP contribution in [0.3, 0.4) is 0 Å². The molecule has 4 heteroatoms. The molecule has 0 spiro atoms. The summed E-state index contributed by atoms with van der Waals surface area (Å²) in [7, 11) is 0. The van der Waals surface area contributed by atoms with Gasteiger partial charge in [-0.2, -0.15) is 0 Å². The van der Waals surface area contributed by atoms with Crippen LogP contribution in [0, 0.1) is 0 Å². The van der Waals surface area contributed by atoms with E-state index in [1.54, 1.807) is 0 Å². The number of hydrogen-bond donors (Lipinski definition) is 1. The first-order chi connectivity index (χ1) is 1.41. The van der Waals surface area contributed by atoms with E-state index >= 15 is 0 Å². The summed E-state index contributed by atoms with van der Waals surface area (Å²) in [5, 5.41) is 0. The average Bonchev–Trinajstić information content (AvgIpc) is 0.918. The van der Waals surface area contributed by atoms with E-state index in [9.17, 15) is 0 Å². The van der Waals surface area contributed by atoms with Gasteiger partial charge in [-0.15, -0.1) is 0 Å². The van der Waals surface area contributed by atoms with Gasteiger partial charge in [0.1, 0.15) is 0 Å². The van der Waals surface area contributed by atoms with Crippen molar-refractivity contribution in [3.8, 4) is 0 Å². The van der Waals surface area contributed by atoms with Gasteiger partial charge in [0.2, 0.25) is 0 Å². The van der Waals surface area contributed by atoms with Gasteiger partial charge in [0.15, 0.2) is 0 Å². The van der Waals surface area contributed by atoms with Crippen molar-refractivity contribution in [3.63, 3.8) is 0 Å². The standard InChI is InChI=1S/Mo.H2N.H2O.O/h;2*1H2;/q+1;-1;;/p-1. The van der Waals surface area contributed by atoms with Crippen molar-refractivity contribution in [1.29, 1.82) is 0 Å². The minimum atomic E-state index is -1.78. The average molecular weight is 145 g/mol. The fourth-order valence-corrected chi connectivity index (χ4v) is 0. The Morgan fingerprint density at radius 3 is 1.75 bits per heavy atom. The second-order valence-electron chi connectivity index (χ2n) is 0.0745. The quantitative estimate of drug-likeness (QED) is 0.488. The van der Waals surface area contributed by atoms with Gasteiger partial charge >= 0.3 is 26.1 Å². The molecule has 3 N–H and O–H groups in total. The van der Waals surface area contributed by atoms with Crippen molar-refractivity contribution >= 4 is 0 Å². The van der Waals surface area contributed by atoms with Crippen molar-refractivity contribution in [3.05, 3.63) is 6.15 Å². The molecular formula is H3MoNO2-. The fourth-order valence-electron chi connectivity index (χ4n) is 0. The second-order valence-corrected chi connectivity index (χ2v) is 0.441. The Morgan fingerprint density at radius 2 is 1.75 bits per heavy atom. The predicted octanol–water partition coefficient (Wildman–Crippen LogP) is 0.0388. The molecule has 0 aliphatic rings. The molecule has 0 bridgehead atoms. The van der Waals surface area contributed by atoms with Gasteiger partial charge < -0.3 is 6.15 Å². The zero-order chi connectivity index (χ0) is 2.71. The molecule has 0 fully saturated rings. The first-order valence-corrected chi connectivity index (χ1v) is 2.07. The maximum absolute atomic E-state index is 8.62. The van der Waals surface area contributed by atoms with Crippen LogP contribution in [0.1, 0.15) is 0 Å². The van der Waals surface area contributed by atoms with Gasteiger partial charge in [-0.3, -0.25) is 0 Å². The SMILES string of the molecule is [NH2-].[O]=[Mo][OH]. The molecule has 4 heavy (non-hydrogen) atoms. The Morgan fingerprint density at radius 1 is 1.75 bits per heavy atom. The zero-order valence-electron chi connectivity index (χ0n) is 1.84. The van der Waals surface area contributed by atoms with Crippen LogP contribution in [0.2, 0.25) is 0 Å². The Bertz CT molecular complexity index is 13.5. The second kappa shape index (κ2) is 9.97. The Kier molecular flexibility index (Phi) is 22.0. The predicted molar refractivity (Wildman–Crippen MR) is 8.19 cm³/mol. The molecule has 0 aromatic heterocycles. The molecule has 0 aliphatic heterocycles. The van der Waals surface area contributed by atoms with Crippen molar-refractivity contribution in [2.75, 3.05) is 0 Å². The molecule has 0 radical (unpaired) electrons. The van der Waals surface area contributed by atoms with Crippen LogP contribution in [-0.2, 0) is 22.3 Å². The van der Waals surface area contributed by atoms with Crippen LogP contribution in [0.25, 0.3) is 6.15 Å². The van der Waals surface area contributed by atoms with E-state index in [0.29, 0.717) is 0 Å². The van der Waals surface area contributed by atoms with E-state index in [0.717, 1.165) is 0 Å². The van der Waals surface area contributed by atoms with Gasteiger partial charge in [0, 0.05) is 0 Å². The van der Waals surface area contributed by atoms with Crippen molar-refractivity contribution in [2.45, 2.75) is 0 Å². The van der Waals surface area contributed by atoms with Gasteiger partial charge in [0.05, 0.1) is 0 Å². The van der Waals surface area contributed by atoms with Crippen LogP contribution in [0.5, 0.6) is 0 Å². The van der Waals surface area contributed by atoms with E-state index in [2.05, 4.69) is 0 Å². The zero-order valence-corrected chi connectivity index (χ0v) is 3.85. The normalized spacial score (nSPS) is 3.25. The summed E-state index contributed by atoms with van der Waals surface area (Å²) in [5.74, 6) is 0. The maximum atomic E-state index is 8.62. The molecule has 0 saturated heterocycles. The summed E-state index contributed by atoms with van der Waals surface area (Å²) in [4.78, 5) is 0. The first kappa shape index (κ1) is 8.83. The summed E-state index contributed by atoms with van der Waals surface area (Å²) in [6.45, 7) is 0. The van der Waals surface area contributed by atoms with Gasteiger partial charge in [-0.05, 0) is 0 Å². The summed E-state index contributed by atoms with van der Waals surface area (Å²) in [6.07, 6.45) is 0. The van der Waals surface area contributed by atoms with Crippen molar-refractivity contribution < 1.29 is 26.1 Å². The summed E-state index contributed by atoms with van der Waals surface area (Å²) in [5.41, 5.74) is 0. The Labute approximate surface area is 32.9 Å². The first-order valence-electron chi connectivity index (χ1n) is 0.349. The number of hydrogen-bond acceptors (Lipinski definition) is 1. The molecule has 0 aliphatic carbocycles. The molecule has 3 nitrogen and oxygen atoms in total. The molecule has 0 heterocycles. The minimum absolute atomic E-state index is 0. The van der Waals surface area contributed by atoms with Crippen LogP contribution < -0.4 is 0 Å². The molecule has 0 aromatic carbocycles. The molecule has 0 atom stereocenters. The molecule has 0 rings (SSSR count). The van der Waals surface area contributed by atoms with Crippen LogP contribution in [-0.4, -0.2) is 3.76 Å². The van der Waals surface area contributed by atoms with E-state index < -0.39 is 18.9 Å². The summed E-state index contributed by atoms with van der Waals surface area (Å²) in [6, 6.07) is 0. The van der Waals surface area contributed by atoms with E-state index in [4.69, 9.17) is 7.16 Å². The molecule has 0 amide bonds. The van der Waals surface area contributed by atoms with E-state index in [1.165, 1.54) is 0 Å². The van der Waals surface area contributed by atoms with Crippen LogP contribution in [0.15, 0.2) is 0 Å². The Balaban J connectivity index is 0. The molecule has 27 valence electrons. The summed E-state index contributed by atoms with van der Waals surface area (Å²) < 4.78 is 15.8. The third-order valence-corrected chi connectivity index (χ3v) is 0. The molecule has 0 unspecified atom stereocenters. The summed E-state index contributed by atoms with van der Waals surface area (Å²) >= 11 is -1.78. The van der Waals surface area contributed by atoms with Crippen LogP contribution >= 0.6 is 0 Å². The topological polar surface area (TPSA) is 70.8 Å². The number of rotatable bonds is 0. The van der Waals surface area contributed by atoms with Crippen molar-refractivity contribution in [2.24, 2.45) is 0 Å². The Hall–Kier alpha value is 0.408.